The summed E-state index contributed by atoms with van der Waals surface area (Å²) in [5.74, 6) is 1.43. The second-order valence-corrected chi connectivity index (χ2v) is 12.3. The zero-order valence-corrected chi connectivity index (χ0v) is 22.6. The molecule has 198 valence electrons. The molecule has 3 aromatic carbocycles. The summed E-state index contributed by atoms with van der Waals surface area (Å²) in [6, 6.07) is 26.6. The highest BCUT2D eigenvalue weighted by atomic mass is 31.2. The number of amidine groups is 1. The molecule has 0 saturated carbocycles. The van der Waals surface area contributed by atoms with Crippen LogP contribution in [0.3, 0.4) is 0 Å². The molecule has 2 aliphatic rings. The smallest absolute Gasteiger partial charge is 0.294 e. The lowest BCUT2D eigenvalue weighted by Gasteiger charge is -2.46. The summed E-state index contributed by atoms with van der Waals surface area (Å²) in [5, 5.41) is 18.0. The van der Waals surface area contributed by atoms with Crippen molar-refractivity contribution in [2.24, 2.45) is 9.74 Å². The highest BCUT2D eigenvalue weighted by Gasteiger charge is 2.46. The van der Waals surface area contributed by atoms with E-state index in [-0.39, 0.29) is 10.6 Å². The Balaban J connectivity index is 1.74. The minimum atomic E-state index is -2.90. The number of aliphatic imine (C=N–C) groups is 1. The number of hydrogen-bond donors (Lipinski definition) is 0. The third-order valence-corrected chi connectivity index (χ3v) is 10.8. The lowest BCUT2D eigenvalue weighted by atomic mass is 10.2. The van der Waals surface area contributed by atoms with Crippen LogP contribution in [0.4, 0.5) is 17.2 Å². The predicted molar refractivity (Wildman–Crippen MR) is 153 cm³/mol. The number of nitro benzene ring substituents is 1. The molecule has 0 amide bonds. The molecule has 0 aliphatic carbocycles. The number of benzene rings is 3. The van der Waals surface area contributed by atoms with Gasteiger partial charge in [0.2, 0.25) is 0 Å². The van der Waals surface area contributed by atoms with E-state index in [0.717, 1.165) is 28.1 Å². The summed E-state index contributed by atoms with van der Waals surface area (Å²) in [7, 11) is -0.905. The number of para-hydroxylation sites is 2. The SMILES string of the molecule is Cc1nn(-c2ccccc2)c2c1P(=Nc1ccccc1[N+](=O)[O-])(N1CCOCC1)N(C)C(c1ccccc1)=N2. The first-order valence-electron chi connectivity index (χ1n) is 12.7. The minimum absolute atomic E-state index is 0.0306. The Morgan fingerprint density at radius 3 is 2.28 bits per heavy atom. The van der Waals surface area contributed by atoms with Crippen molar-refractivity contribution in [3.63, 3.8) is 0 Å². The van der Waals surface area contributed by atoms with Gasteiger partial charge in [0.15, 0.2) is 13.2 Å². The Hall–Kier alpha value is -4.11. The molecule has 4 aromatic rings. The quantitative estimate of drug-likeness (QED) is 0.190. The Labute approximate surface area is 226 Å². The van der Waals surface area contributed by atoms with Gasteiger partial charge >= 0.3 is 0 Å². The Morgan fingerprint density at radius 1 is 0.949 bits per heavy atom. The highest BCUT2D eigenvalue weighted by Crippen LogP contribution is 2.62. The van der Waals surface area contributed by atoms with E-state index in [1.54, 1.807) is 18.2 Å². The van der Waals surface area contributed by atoms with Gasteiger partial charge in [-0.2, -0.15) is 5.10 Å². The average molecular weight is 542 g/mol. The average Bonchev–Trinajstić information content (AvgIpc) is 3.32. The molecule has 3 heterocycles. The van der Waals surface area contributed by atoms with Crippen molar-refractivity contribution in [2.75, 3.05) is 33.4 Å². The van der Waals surface area contributed by atoms with Gasteiger partial charge < -0.3 is 9.41 Å². The van der Waals surface area contributed by atoms with Gasteiger partial charge in [0, 0.05) is 31.8 Å². The van der Waals surface area contributed by atoms with Crippen molar-refractivity contribution >= 4 is 35.7 Å². The van der Waals surface area contributed by atoms with Crippen molar-refractivity contribution in [1.82, 2.24) is 19.1 Å². The fourth-order valence-electron chi connectivity index (χ4n) is 5.20. The summed E-state index contributed by atoms with van der Waals surface area (Å²) in [6.07, 6.45) is 0. The maximum atomic E-state index is 12.1. The Bertz CT molecular complexity index is 1610. The fourth-order valence-corrected chi connectivity index (χ4v) is 9.03. The van der Waals surface area contributed by atoms with Gasteiger partial charge in [0.1, 0.15) is 11.5 Å². The second-order valence-electron chi connectivity index (χ2n) is 9.31. The van der Waals surface area contributed by atoms with Crippen molar-refractivity contribution in [3.05, 3.63) is 106 Å². The molecule has 1 saturated heterocycles. The van der Waals surface area contributed by atoms with Crippen LogP contribution in [0.2, 0.25) is 0 Å². The van der Waals surface area contributed by atoms with Crippen LogP contribution in [0.25, 0.3) is 5.69 Å². The zero-order chi connectivity index (χ0) is 27.0. The molecule has 1 unspecified atom stereocenters. The molecular formula is C28H28N7O3P. The number of fused-ring (bicyclic) bond motifs is 1. The van der Waals surface area contributed by atoms with E-state index in [0.29, 0.717) is 37.8 Å². The van der Waals surface area contributed by atoms with Crippen molar-refractivity contribution in [1.29, 1.82) is 0 Å². The first-order chi connectivity index (χ1) is 19.0. The number of ether oxygens (including phenoxy) is 1. The minimum Gasteiger partial charge on any atom is -0.379 e. The molecule has 0 spiro atoms. The van der Waals surface area contributed by atoms with Crippen LogP contribution in [-0.2, 0) is 4.74 Å². The molecule has 1 aromatic heterocycles. The number of aryl methyl sites for hydroxylation is 1. The standard InChI is InChI=1S/C28H28N7O3P/c1-21-26-28(34(30-21)23-13-7-4-8-14-23)29-27(22-11-5-3-6-12-22)32(2)39(26,33-17-19-38-20-18-33)31-24-15-9-10-16-25(24)35(36)37/h3-16H,17-20H2,1-2H3. The van der Waals surface area contributed by atoms with E-state index < -0.39 is 7.36 Å². The number of aromatic nitrogens is 2. The first kappa shape index (κ1) is 25.2. The molecule has 1 fully saturated rings. The summed E-state index contributed by atoms with van der Waals surface area (Å²) in [4.78, 5) is 16.9. The van der Waals surface area contributed by atoms with E-state index >= 15 is 0 Å². The fraction of sp³-hybridized carbons (Fsp3) is 0.214. The topological polar surface area (TPSA) is 101 Å². The number of hydrogen-bond acceptors (Lipinski definition) is 6. The highest BCUT2D eigenvalue weighted by molar-refractivity contribution is 7.70. The van der Waals surface area contributed by atoms with E-state index in [9.17, 15) is 10.1 Å². The summed E-state index contributed by atoms with van der Waals surface area (Å²) in [6.45, 7) is 4.31. The van der Waals surface area contributed by atoms with E-state index in [1.165, 1.54) is 6.07 Å². The van der Waals surface area contributed by atoms with Crippen LogP contribution < -0.4 is 5.30 Å². The molecule has 11 heteroatoms. The number of rotatable bonds is 5. The Kier molecular flexibility index (Phi) is 6.60. The lowest BCUT2D eigenvalue weighted by molar-refractivity contribution is -0.384. The number of nitro groups is 1. The van der Waals surface area contributed by atoms with Crippen molar-refractivity contribution < 1.29 is 9.66 Å². The molecule has 10 nitrogen and oxygen atoms in total. The molecular weight excluding hydrogens is 513 g/mol. The van der Waals surface area contributed by atoms with Crippen molar-refractivity contribution in [3.8, 4) is 5.69 Å². The van der Waals surface area contributed by atoms with Gasteiger partial charge in [-0.05, 0) is 25.1 Å². The van der Waals surface area contributed by atoms with Gasteiger partial charge in [0.05, 0.1) is 34.8 Å². The largest absolute Gasteiger partial charge is 0.379 e. The van der Waals surface area contributed by atoms with Gasteiger partial charge in [-0.1, -0.05) is 60.7 Å². The zero-order valence-electron chi connectivity index (χ0n) is 21.7. The van der Waals surface area contributed by atoms with E-state index in [1.807, 2.05) is 79.3 Å². The Morgan fingerprint density at radius 2 is 1.59 bits per heavy atom. The maximum Gasteiger partial charge on any atom is 0.294 e. The molecule has 6 rings (SSSR count). The molecule has 0 bridgehead atoms. The number of nitrogens with zero attached hydrogens (tertiary/aromatic N) is 7. The monoisotopic (exact) mass is 541 g/mol. The molecule has 0 radical (unpaired) electrons. The van der Waals surface area contributed by atoms with Crippen molar-refractivity contribution in [2.45, 2.75) is 6.92 Å². The second kappa shape index (κ2) is 10.2. The van der Waals surface area contributed by atoms with Crippen LogP contribution in [0, 0.1) is 17.0 Å². The van der Waals surface area contributed by atoms with Crippen LogP contribution in [-0.4, -0.2) is 63.2 Å². The normalized spacial score (nSPS) is 19.3. The van der Waals surface area contributed by atoms with Gasteiger partial charge in [-0.15, -0.1) is 0 Å². The number of morpholine rings is 1. The first-order valence-corrected chi connectivity index (χ1v) is 14.4. The summed E-state index contributed by atoms with van der Waals surface area (Å²) >= 11 is 0. The van der Waals surface area contributed by atoms with E-state index in [4.69, 9.17) is 19.6 Å². The summed E-state index contributed by atoms with van der Waals surface area (Å²) in [5.41, 5.74) is 2.91. The van der Waals surface area contributed by atoms with Crippen LogP contribution in [0.1, 0.15) is 11.3 Å². The van der Waals surface area contributed by atoms with Gasteiger partial charge in [0.25, 0.3) is 5.69 Å². The van der Waals surface area contributed by atoms with Gasteiger partial charge in [-0.3, -0.25) is 10.1 Å². The predicted octanol–water partition coefficient (Wildman–Crippen LogP) is 5.43. The van der Waals surface area contributed by atoms with Crippen LogP contribution in [0.5, 0.6) is 0 Å². The molecule has 0 N–H and O–H groups in total. The maximum absolute atomic E-state index is 12.1. The lowest BCUT2D eigenvalue weighted by Crippen LogP contribution is -2.45. The van der Waals surface area contributed by atoms with Gasteiger partial charge in [-0.25, -0.2) is 19.1 Å². The molecule has 1 atom stereocenters. The molecule has 39 heavy (non-hydrogen) atoms. The van der Waals surface area contributed by atoms with Crippen LogP contribution in [0.15, 0.2) is 94.7 Å². The van der Waals surface area contributed by atoms with E-state index in [2.05, 4.69) is 9.34 Å². The summed E-state index contributed by atoms with van der Waals surface area (Å²) < 4.78 is 17.5. The molecule has 2 aliphatic heterocycles. The third kappa shape index (κ3) is 4.27. The third-order valence-electron chi connectivity index (χ3n) is 6.98. The van der Waals surface area contributed by atoms with Crippen LogP contribution >= 0.6 is 7.36 Å².